The molecule has 1 fully saturated rings. The van der Waals surface area contributed by atoms with Gasteiger partial charge in [0.15, 0.2) is 0 Å². The number of aliphatic hydroxyl groups excluding tert-OH is 1. The van der Waals surface area contributed by atoms with E-state index < -0.39 is 6.10 Å². The zero-order chi connectivity index (χ0) is 13.8. The van der Waals surface area contributed by atoms with Crippen LogP contribution in [0.4, 0.5) is 0 Å². The molecule has 0 spiro atoms. The van der Waals surface area contributed by atoms with Gasteiger partial charge in [-0.25, -0.2) is 0 Å². The molecular weight excluding hydrogens is 264 g/mol. The number of hydrogen-bond acceptors (Lipinski definition) is 3. The summed E-state index contributed by atoms with van der Waals surface area (Å²) in [5.74, 6) is -0.236. The van der Waals surface area contributed by atoms with E-state index in [4.69, 9.17) is 17.3 Å². The second-order valence-electron chi connectivity index (χ2n) is 5.01. The third-order valence-electron chi connectivity index (χ3n) is 3.69. The normalized spacial score (nSPS) is 19.3. The highest BCUT2D eigenvalue weighted by Gasteiger charge is 2.24. The number of nitrogens with two attached hydrogens (primary N) is 1. The SMILES string of the molecule is NC(=O)C1CCN(C[C@@H](O)c2ccccc2Cl)CC1. The number of carbonyl (C=O) groups is 1. The molecule has 1 heterocycles. The van der Waals surface area contributed by atoms with Crippen LogP contribution in [0.25, 0.3) is 0 Å². The van der Waals surface area contributed by atoms with Crippen LogP contribution in [0.1, 0.15) is 24.5 Å². The van der Waals surface area contributed by atoms with Gasteiger partial charge in [-0.15, -0.1) is 0 Å². The summed E-state index contributed by atoms with van der Waals surface area (Å²) in [6.07, 6.45) is 0.939. The standard InChI is InChI=1S/C14H19ClN2O2/c15-12-4-2-1-3-11(12)13(18)9-17-7-5-10(6-8-17)14(16)19/h1-4,10,13,18H,5-9H2,(H2,16,19)/t13-/m1/s1. The number of benzene rings is 1. The topological polar surface area (TPSA) is 66.6 Å². The number of hydrogen-bond donors (Lipinski definition) is 2. The molecule has 19 heavy (non-hydrogen) atoms. The number of piperidine rings is 1. The third-order valence-corrected chi connectivity index (χ3v) is 4.03. The Bertz CT molecular complexity index is 445. The Balaban J connectivity index is 1.89. The number of primary amides is 1. The molecule has 1 aromatic carbocycles. The van der Waals surface area contributed by atoms with Gasteiger partial charge in [-0.2, -0.15) is 0 Å². The van der Waals surface area contributed by atoms with Crippen molar-refractivity contribution >= 4 is 17.5 Å². The van der Waals surface area contributed by atoms with Gasteiger partial charge in [-0.05, 0) is 32.0 Å². The van der Waals surface area contributed by atoms with Gasteiger partial charge in [-0.1, -0.05) is 29.8 Å². The molecule has 0 unspecified atom stereocenters. The number of likely N-dealkylation sites (tertiary alicyclic amines) is 1. The zero-order valence-corrected chi connectivity index (χ0v) is 11.5. The smallest absolute Gasteiger partial charge is 0.220 e. The van der Waals surface area contributed by atoms with Crippen LogP contribution in [-0.2, 0) is 4.79 Å². The first kappa shape index (κ1) is 14.3. The molecule has 1 atom stereocenters. The van der Waals surface area contributed by atoms with Crippen LogP contribution in [0, 0.1) is 5.92 Å². The Morgan fingerprint density at radius 3 is 2.63 bits per heavy atom. The van der Waals surface area contributed by atoms with E-state index in [1.807, 2.05) is 18.2 Å². The molecule has 1 saturated heterocycles. The van der Waals surface area contributed by atoms with Crippen LogP contribution < -0.4 is 5.73 Å². The molecule has 1 aliphatic heterocycles. The van der Waals surface area contributed by atoms with Crippen LogP contribution >= 0.6 is 11.6 Å². The Labute approximate surface area is 118 Å². The van der Waals surface area contributed by atoms with Crippen molar-refractivity contribution in [1.29, 1.82) is 0 Å². The number of aliphatic hydroxyl groups is 1. The van der Waals surface area contributed by atoms with Crippen LogP contribution in [0.5, 0.6) is 0 Å². The molecule has 104 valence electrons. The van der Waals surface area contributed by atoms with Crippen molar-refractivity contribution in [3.8, 4) is 0 Å². The van der Waals surface area contributed by atoms with Gasteiger partial charge >= 0.3 is 0 Å². The van der Waals surface area contributed by atoms with Gasteiger partial charge in [0.25, 0.3) is 0 Å². The number of β-amino-alcohol motifs (C(OH)–C–C–N with tert-alkyl or cyclic N) is 1. The largest absolute Gasteiger partial charge is 0.387 e. The minimum absolute atomic E-state index is 0.0197. The summed E-state index contributed by atoms with van der Waals surface area (Å²) in [5.41, 5.74) is 6.05. The Morgan fingerprint density at radius 2 is 2.05 bits per heavy atom. The number of carbonyl (C=O) groups excluding carboxylic acids is 1. The first-order chi connectivity index (χ1) is 9.08. The molecule has 1 amide bonds. The number of rotatable bonds is 4. The van der Waals surface area contributed by atoms with Crippen molar-refractivity contribution in [3.63, 3.8) is 0 Å². The molecule has 4 nitrogen and oxygen atoms in total. The van der Waals surface area contributed by atoms with Crippen LogP contribution in [0.15, 0.2) is 24.3 Å². The fourth-order valence-corrected chi connectivity index (χ4v) is 2.75. The van der Waals surface area contributed by atoms with Crippen molar-refractivity contribution in [2.45, 2.75) is 18.9 Å². The van der Waals surface area contributed by atoms with Crippen molar-refractivity contribution in [3.05, 3.63) is 34.9 Å². The lowest BCUT2D eigenvalue weighted by Crippen LogP contribution is -2.40. The predicted octanol–water partition coefficient (Wildman–Crippen LogP) is 1.57. The Hall–Kier alpha value is -1.10. The van der Waals surface area contributed by atoms with Gasteiger partial charge < -0.3 is 15.7 Å². The quantitative estimate of drug-likeness (QED) is 0.881. The molecule has 0 aromatic heterocycles. The van der Waals surface area contributed by atoms with Crippen LogP contribution in [-0.4, -0.2) is 35.5 Å². The van der Waals surface area contributed by atoms with Gasteiger partial charge in [-0.3, -0.25) is 4.79 Å². The van der Waals surface area contributed by atoms with Crippen molar-refractivity contribution < 1.29 is 9.90 Å². The van der Waals surface area contributed by atoms with Crippen molar-refractivity contribution in [2.24, 2.45) is 11.7 Å². The first-order valence-electron chi connectivity index (χ1n) is 6.52. The van der Waals surface area contributed by atoms with Gasteiger partial charge in [0, 0.05) is 23.0 Å². The summed E-state index contributed by atoms with van der Waals surface area (Å²) in [7, 11) is 0. The highest BCUT2D eigenvalue weighted by molar-refractivity contribution is 6.31. The van der Waals surface area contributed by atoms with Crippen LogP contribution in [0.3, 0.4) is 0 Å². The fraction of sp³-hybridized carbons (Fsp3) is 0.500. The second kappa shape index (κ2) is 6.37. The van der Waals surface area contributed by atoms with E-state index in [2.05, 4.69) is 4.90 Å². The van der Waals surface area contributed by atoms with Gasteiger partial charge in [0.05, 0.1) is 6.10 Å². The van der Waals surface area contributed by atoms with E-state index in [-0.39, 0.29) is 11.8 Å². The highest BCUT2D eigenvalue weighted by atomic mass is 35.5. The summed E-state index contributed by atoms with van der Waals surface area (Å²) < 4.78 is 0. The van der Waals surface area contributed by atoms with E-state index in [1.165, 1.54) is 0 Å². The monoisotopic (exact) mass is 282 g/mol. The summed E-state index contributed by atoms with van der Waals surface area (Å²) >= 11 is 6.06. The highest BCUT2D eigenvalue weighted by Crippen LogP contribution is 2.25. The average molecular weight is 283 g/mol. The van der Waals surface area contributed by atoms with E-state index in [0.717, 1.165) is 31.5 Å². The molecule has 1 aliphatic rings. The number of halogens is 1. The Kier molecular flexibility index (Phi) is 4.80. The van der Waals surface area contributed by atoms with Gasteiger partial charge in [0.1, 0.15) is 0 Å². The van der Waals surface area contributed by atoms with E-state index in [1.54, 1.807) is 6.07 Å². The minimum atomic E-state index is -0.598. The lowest BCUT2D eigenvalue weighted by atomic mass is 9.96. The fourth-order valence-electron chi connectivity index (χ4n) is 2.49. The van der Waals surface area contributed by atoms with Crippen molar-refractivity contribution in [1.82, 2.24) is 4.90 Å². The number of nitrogens with zero attached hydrogens (tertiary/aromatic N) is 1. The summed E-state index contributed by atoms with van der Waals surface area (Å²) in [6, 6.07) is 7.32. The molecule has 0 bridgehead atoms. The van der Waals surface area contributed by atoms with E-state index >= 15 is 0 Å². The third kappa shape index (κ3) is 3.69. The molecule has 3 N–H and O–H groups in total. The first-order valence-corrected chi connectivity index (χ1v) is 6.90. The maximum absolute atomic E-state index is 11.1. The molecular formula is C14H19ClN2O2. The second-order valence-corrected chi connectivity index (χ2v) is 5.42. The maximum Gasteiger partial charge on any atom is 0.220 e. The lowest BCUT2D eigenvalue weighted by molar-refractivity contribution is -0.123. The summed E-state index contributed by atoms with van der Waals surface area (Å²) in [6.45, 7) is 2.11. The predicted molar refractivity (Wildman–Crippen MR) is 74.8 cm³/mol. The molecule has 0 aliphatic carbocycles. The number of amides is 1. The zero-order valence-electron chi connectivity index (χ0n) is 10.8. The molecule has 0 radical (unpaired) electrons. The minimum Gasteiger partial charge on any atom is -0.387 e. The average Bonchev–Trinajstić information content (AvgIpc) is 2.39. The molecule has 5 heteroatoms. The van der Waals surface area contributed by atoms with Crippen molar-refractivity contribution in [2.75, 3.05) is 19.6 Å². The summed E-state index contributed by atoms with van der Waals surface area (Å²) in [5, 5.41) is 10.8. The molecule has 2 rings (SSSR count). The van der Waals surface area contributed by atoms with E-state index in [9.17, 15) is 9.90 Å². The Morgan fingerprint density at radius 1 is 1.42 bits per heavy atom. The molecule has 1 aromatic rings. The van der Waals surface area contributed by atoms with E-state index in [0.29, 0.717) is 11.6 Å². The molecule has 0 saturated carbocycles. The van der Waals surface area contributed by atoms with Gasteiger partial charge in [0.2, 0.25) is 5.91 Å². The lowest BCUT2D eigenvalue weighted by Gasteiger charge is -2.32. The maximum atomic E-state index is 11.1. The van der Waals surface area contributed by atoms with Crippen LogP contribution in [0.2, 0.25) is 5.02 Å². The summed E-state index contributed by atoms with van der Waals surface area (Å²) in [4.78, 5) is 13.2.